The Labute approximate surface area is 92.0 Å². The van der Waals surface area contributed by atoms with E-state index >= 15 is 0 Å². The number of ether oxygens (including phenoxy) is 2. The molecule has 1 unspecified atom stereocenters. The van der Waals surface area contributed by atoms with Gasteiger partial charge in [0, 0.05) is 5.56 Å². The van der Waals surface area contributed by atoms with Crippen LogP contribution in [0.3, 0.4) is 0 Å². The van der Waals surface area contributed by atoms with Gasteiger partial charge in [0.2, 0.25) is 6.17 Å². The van der Waals surface area contributed by atoms with Gasteiger partial charge in [0.15, 0.2) is 11.6 Å². The first kappa shape index (κ1) is 12.4. The molecule has 0 radical (unpaired) electrons. The van der Waals surface area contributed by atoms with E-state index in [9.17, 15) is 13.6 Å². The summed E-state index contributed by atoms with van der Waals surface area (Å²) < 4.78 is 35.8. The molecule has 0 aromatic heterocycles. The molecule has 0 amide bonds. The Morgan fingerprint density at radius 1 is 1.50 bits per heavy atom. The highest BCUT2D eigenvalue weighted by atomic mass is 19.1. The number of carbonyl (C=O) groups is 1. The van der Waals surface area contributed by atoms with E-state index in [1.54, 1.807) is 6.92 Å². The summed E-state index contributed by atoms with van der Waals surface area (Å²) in [6.07, 6.45) is -1.97. The number of esters is 1. The second-order valence-corrected chi connectivity index (χ2v) is 3.01. The van der Waals surface area contributed by atoms with Gasteiger partial charge in [0.1, 0.15) is 0 Å². The lowest BCUT2D eigenvalue weighted by Crippen LogP contribution is -2.12. The molecule has 3 nitrogen and oxygen atoms in total. The van der Waals surface area contributed by atoms with Crippen molar-refractivity contribution in [2.75, 3.05) is 13.7 Å². The summed E-state index contributed by atoms with van der Waals surface area (Å²) in [6.45, 7) is 1.65. The van der Waals surface area contributed by atoms with E-state index in [4.69, 9.17) is 0 Å². The normalized spacial score (nSPS) is 12.0. The maximum Gasteiger partial charge on any atom is 0.345 e. The second kappa shape index (κ2) is 5.44. The number of carbonyl (C=O) groups excluding carboxylic acids is 1. The molecule has 5 heteroatoms. The Hall–Kier alpha value is -1.65. The van der Waals surface area contributed by atoms with Gasteiger partial charge in [0.25, 0.3) is 0 Å². The van der Waals surface area contributed by atoms with Crippen molar-refractivity contribution >= 4 is 5.97 Å². The van der Waals surface area contributed by atoms with Crippen molar-refractivity contribution in [3.05, 3.63) is 29.6 Å². The van der Waals surface area contributed by atoms with E-state index in [1.165, 1.54) is 19.2 Å². The first-order valence-corrected chi connectivity index (χ1v) is 4.74. The van der Waals surface area contributed by atoms with Crippen LogP contribution >= 0.6 is 0 Å². The van der Waals surface area contributed by atoms with Gasteiger partial charge in [-0.05, 0) is 19.1 Å². The molecule has 0 N–H and O–H groups in total. The van der Waals surface area contributed by atoms with Crippen LogP contribution in [0.2, 0.25) is 0 Å². The Kier molecular flexibility index (Phi) is 4.22. The molecule has 0 aliphatic rings. The highest BCUT2D eigenvalue weighted by Crippen LogP contribution is 2.24. The summed E-state index contributed by atoms with van der Waals surface area (Å²) in [7, 11) is 1.30. The van der Waals surface area contributed by atoms with E-state index in [2.05, 4.69) is 9.47 Å². The zero-order valence-electron chi connectivity index (χ0n) is 9.00. The van der Waals surface area contributed by atoms with Crippen molar-refractivity contribution < 1.29 is 23.0 Å². The molecular formula is C11H12F2O3. The molecule has 0 spiro atoms. The van der Waals surface area contributed by atoms with Gasteiger partial charge >= 0.3 is 5.97 Å². The summed E-state index contributed by atoms with van der Waals surface area (Å²) in [5.41, 5.74) is -0.0863. The standard InChI is InChI=1S/C11H12F2O3/c1-3-16-11(14)10(13)7-4-5-9(15-2)8(12)6-7/h4-6,10H,3H2,1-2H3. The minimum absolute atomic E-state index is 0.000177. The highest BCUT2D eigenvalue weighted by molar-refractivity contribution is 5.76. The van der Waals surface area contributed by atoms with Crippen LogP contribution in [-0.2, 0) is 9.53 Å². The molecule has 88 valence electrons. The Morgan fingerprint density at radius 3 is 2.69 bits per heavy atom. The van der Waals surface area contributed by atoms with Gasteiger partial charge in [-0.15, -0.1) is 0 Å². The third-order valence-electron chi connectivity index (χ3n) is 1.96. The molecule has 0 aliphatic heterocycles. The van der Waals surface area contributed by atoms with Crippen molar-refractivity contribution in [2.45, 2.75) is 13.1 Å². The Bertz CT molecular complexity index is 379. The fourth-order valence-corrected chi connectivity index (χ4v) is 1.19. The molecule has 0 bridgehead atoms. The number of hydrogen-bond acceptors (Lipinski definition) is 3. The first-order valence-electron chi connectivity index (χ1n) is 4.74. The Morgan fingerprint density at radius 2 is 2.19 bits per heavy atom. The number of halogens is 2. The molecule has 0 heterocycles. The predicted octanol–water partition coefficient (Wildman–Crippen LogP) is 2.41. The quantitative estimate of drug-likeness (QED) is 0.745. The van der Waals surface area contributed by atoms with E-state index in [0.717, 1.165) is 6.07 Å². The molecule has 0 aliphatic carbocycles. The van der Waals surface area contributed by atoms with Crippen LogP contribution in [0.4, 0.5) is 8.78 Å². The molecule has 0 saturated heterocycles. The third kappa shape index (κ3) is 2.68. The highest BCUT2D eigenvalue weighted by Gasteiger charge is 2.22. The van der Waals surface area contributed by atoms with Crippen LogP contribution in [0.15, 0.2) is 18.2 Å². The predicted molar refractivity (Wildman–Crippen MR) is 53.4 cm³/mol. The van der Waals surface area contributed by atoms with Gasteiger partial charge < -0.3 is 9.47 Å². The average molecular weight is 230 g/mol. The van der Waals surface area contributed by atoms with Crippen molar-refractivity contribution in [1.82, 2.24) is 0 Å². The van der Waals surface area contributed by atoms with E-state index in [1.807, 2.05) is 0 Å². The van der Waals surface area contributed by atoms with Crippen LogP contribution in [0.1, 0.15) is 18.7 Å². The van der Waals surface area contributed by atoms with Crippen LogP contribution in [-0.4, -0.2) is 19.7 Å². The van der Waals surface area contributed by atoms with Crippen LogP contribution in [0.5, 0.6) is 5.75 Å². The zero-order chi connectivity index (χ0) is 12.1. The van der Waals surface area contributed by atoms with Crippen molar-refractivity contribution in [1.29, 1.82) is 0 Å². The molecule has 0 saturated carbocycles. The third-order valence-corrected chi connectivity index (χ3v) is 1.96. The molecule has 1 aromatic carbocycles. The van der Waals surface area contributed by atoms with Crippen LogP contribution in [0.25, 0.3) is 0 Å². The summed E-state index contributed by atoms with van der Waals surface area (Å²) in [4.78, 5) is 11.1. The van der Waals surface area contributed by atoms with Gasteiger partial charge in [-0.3, -0.25) is 0 Å². The molecular weight excluding hydrogens is 218 g/mol. The largest absolute Gasteiger partial charge is 0.494 e. The van der Waals surface area contributed by atoms with Crippen LogP contribution in [0, 0.1) is 5.82 Å². The lowest BCUT2D eigenvalue weighted by molar-refractivity contribution is -0.149. The monoisotopic (exact) mass is 230 g/mol. The van der Waals surface area contributed by atoms with Gasteiger partial charge in [-0.2, -0.15) is 0 Å². The molecule has 1 aromatic rings. The van der Waals surface area contributed by atoms with Crippen molar-refractivity contribution in [3.8, 4) is 5.75 Å². The smallest absolute Gasteiger partial charge is 0.345 e. The van der Waals surface area contributed by atoms with Crippen molar-refractivity contribution in [3.63, 3.8) is 0 Å². The molecule has 1 atom stereocenters. The minimum atomic E-state index is -1.97. The molecule has 0 fully saturated rings. The number of rotatable bonds is 4. The van der Waals surface area contributed by atoms with E-state index in [0.29, 0.717) is 0 Å². The van der Waals surface area contributed by atoms with Gasteiger partial charge in [-0.1, -0.05) is 6.07 Å². The summed E-state index contributed by atoms with van der Waals surface area (Å²) in [6, 6.07) is 3.46. The summed E-state index contributed by atoms with van der Waals surface area (Å²) in [5.74, 6) is -1.74. The lowest BCUT2D eigenvalue weighted by atomic mass is 10.1. The molecule has 1 rings (SSSR count). The Balaban J connectivity index is 2.88. The topological polar surface area (TPSA) is 35.5 Å². The summed E-state index contributed by atoms with van der Waals surface area (Å²) in [5, 5.41) is 0. The number of methoxy groups -OCH3 is 1. The maximum absolute atomic E-state index is 13.4. The van der Waals surface area contributed by atoms with E-state index in [-0.39, 0.29) is 17.9 Å². The average Bonchev–Trinajstić information content (AvgIpc) is 2.28. The number of hydrogen-bond donors (Lipinski definition) is 0. The summed E-state index contributed by atoms with van der Waals surface area (Å²) >= 11 is 0. The zero-order valence-corrected chi connectivity index (χ0v) is 9.00. The number of benzene rings is 1. The van der Waals surface area contributed by atoms with Gasteiger partial charge in [0.05, 0.1) is 13.7 Å². The van der Waals surface area contributed by atoms with E-state index < -0.39 is 18.0 Å². The SMILES string of the molecule is CCOC(=O)C(F)c1ccc(OC)c(F)c1. The second-order valence-electron chi connectivity index (χ2n) is 3.01. The first-order chi connectivity index (χ1) is 7.60. The number of alkyl halides is 1. The fraction of sp³-hybridized carbons (Fsp3) is 0.364. The van der Waals surface area contributed by atoms with Crippen LogP contribution < -0.4 is 4.74 Å². The molecule has 16 heavy (non-hydrogen) atoms. The fourth-order valence-electron chi connectivity index (χ4n) is 1.19. The maximum atomic E-state index is 13.4. The lowest BCUT2D eigenvalue weighted by Gasteiger charge is -2.09. The van der Waals surface area contributed by atoms with Crippen molar-refractivity contribution in [2.24, 2.45) is 0 Å². The van der Waals surface area contributed by atoms with Gasteiger partial charge in [-0.25, -0.2) is 13.6 Å². The minimum Gasteiger partial charge on any atom is -0.494 e.